The maximum absolute atomic E-state index is 12.2. The van der Waals surface area contributed by atoms with Gasteiger partial charge in [-0.25, -0.2) is 9.78 Å². The van der Waals surface area contributed by atoms with E-state index in [9.17, 15) is 4.79 Å². The van der Waals surface area contributed by atoms with Gasteiger partial charge in [0.25, 0.3) is 0 Å². The monoisotopic (exact) mass is 316 g/mol. The Kier molecular flexibility index (Phi) is 2.96. The number of fused-ring (bicyclic) bond motifs is 1. The zero-order valence-corrected chi connectivity index (χ0v) is 12.4. The molecule has 0 bridgehead atoms. The number of hydrogen-bond acceptors (Lipinski definition) is 6. The maximum atomic E-state index is 12.2. The summed E-state index contributed by atoms with van der Waals surface area (Å²) in [5.41, 5.74) is 3.64. The largest absolute Gasteiger partial charge is 0.435 e. The molecule has 8 heteroatoms. The van der Waals surface area contributed by atoms with Gasteiger partial charge < -0.3 is 4.90 Å². The van der Waals surface area contributed by atoms with Crippen molar-refractivity contribution in [3.8, 4) is 11.3 Å². The lowest BCUT2D eigenvalue weighted by Gasteiger charge is -2.14. The number of carbonyl (C=O) groups is 1. The molecule has 1 saturated heterocycles. The van der Waals surface area contributed by atoms with Crippen LogP contribution in [-0.2, 0) is 0 Å². The van der Waals surface area contributed by atoms with Crippen molar-refractivity contribution in [3.63, 3.8) is 0 Å². The van der Waals surface area contributed by atoms with Crippen LogP contribution in [0.2, 0.25) is 0 Å². The van der Waals surface area contributed by atoms with Crippen LogP contribution in [0.3, 0.4) is 0 Å². The number of likely N-dealkylation sites (tertiary alicyclic amines) is 1. The number of nitrogens with zero attached hydrogens (tertiary/aromatic N) is 5. The second kappa shape index (κ2) is 5.38. The average molecular weight is 316 g/mol. The molecule has 22 heavy (non-hydrogen) atoms. The molecule has 0 atom stereocenters. The number of pyridine rings is 1. The Labute approximate surface area is 131 Å². The summed E-state index contributed by atoms with van der Waals surface area (Å²) in [5, 5.41) is 6.41. The Morgan fingerprint density at radius 2 is 2.23 bits per heavy atom. The smallest absolute Gasteiger partial charge is 0.306 e. The standard InChI is InChI=1S/C14H13N5O2S/c20-14(18-3-1-2-4-18)21-19-13-10(6-17-19)5-15-7-11(13)12-8-22-9-16-12/h5-9H,1-4H2/i6D. The molecule has 1 aliphatic rings. The third kappa shape index (κ3) is 2.21. The van der Waals surface area contributed by atoms with Gasteiger partial charge in [-0.05, 0) is 12.8 Å². The van der Waals surface area contributed by atoms with Crippen LogP contribution < -0.4 is 4.84 Å². The van der Waals surface area contributed by atoms with E-state index in [1.807, 2.05) is 5.38 Å². The molecule has 0 aromatic carbocycles. The molecule has 1 amide bonds. The summed E-state index contributed by atoms with van der Waals surface area (Å²) in [6, 6.07) is 0. The summed E-state index contributed by atoms with van der Waals surface area (Å²) in [6.07, 6.45) is 4.70. The Hall–Kier alpha value is -2.48. The van der Waals surface area contributed by atoms with E-state index >= 15 is 0 Å². The zero-order valence-electron chi connectivity index (χ0n) is 12.6. The summed E-state index contributed by atoms with van der Waals surface area (Å²) in [6.45, 7) is 1.37. The van der Waals surface area contributed by atoms with Gasteiger partial charge in [0, 0.05) is 41.8 Å². The van der Waals surface area contributed by atoms with E-state index in [1.54, 1.807) is 22.8 Å². The SMILES string of the molecule is [2H]c1nn(OC(=O)N2CCCC2)c2c(-c3cscn3)cncc12. The van der Waals surface area contributed by atoms with E-state index in [4.69, 9.17) is 6.21 Å². The first kappa shape index (κ1) is 12.1. The molecule has 0 aliphatic carbocycles. The minimum atomic E-state index is -0.451. The van der Waals surface area contributed by atoms with Gasteiger partial charge in [-0.1, -0.05) is 4.85 Å². The summed E-state index contributed by atoms with van der Waals surface area (Å²) in [7, 11) is 0. The van der Waals surface area contributed by atoms with E-state index in [1.165, 1.54) is 11.3 Å². The Morgan fingerprint density at radius 3 is 3.00 bits per heavy atom. The predicted octanol–water partition coefficient (Wildman–Crippen LogP) is 2.20. The fourth-order valence-corrected chi connectivity index (χ4v) is 3.07. The summed E-state index contributed by atoms with van der Waals surface area (Å²) >= 11 is 1.46. The van der Waals surface area contributed by atoms with Crippen LogP contribution in [0, 0.1) is 0 Å². The van der Waals surface area contributed by atoms with Crippen LogP contribution in [0.4, 0.5) is 4.79 Å². The zero-order chi connectivity index (χ0) is 15.8. The molecule has 4 heterocycles. The number of hydrogen-bond donors (Lipinski definition) is 0. The van der Waals surface area contributed by atoms with Crippen molar-refractivity contribution in [1.29, 1.82) is 0 Å². The summed E-state index contributed by atoms with van der Waals surface area (Å²) < 4.78 is 7.97. The quantitative estimate of drug-likeness (QED) is 0.724. The lowest BCUT2D eigenvalue weighted by atomic mass is 10.2. The lowest BCUT2D eigenvalue weighted by molar-refractivity contribution is 0.0906. The highest BCUT2D eigenvalue weighted by atomic mass is 32.1. The van der Waals surface area contributed by atoms with Crippen LogP contribution in [-0.4, -0.2) is 44.0 Å². The predicted molar refractivity (Wildman–Crippen MR) is 81.4 cm³/mol. The highest BCUT2D eigenvalue weighted by molar-refractivity contribution is 7.07. The molecule has 0 spiro atoms. The topological polar surface area (TPSA) is 73.1 Å². The van der Waals surface area contributed by atoms with Crippen LogP contribution in [0.1, 0.15) is 14.2 Å². The van der Waals surface area contributed by atoms with Gasteiger partial charge in [0.2, 0.25) is 0 Å². The molecule has 0 N–H and O–H groups in total. The van der Waals surface area contributed by atoms with Crippen molar-refractivity contribution in [1.82, 2.24) is 24.8 Å². The van der Waals surface area contributed by atoms with E-state index in [0.717, 1.165) is 17.7 Å². The van der Waals surface area contributed by atoms with Crippen LogP contribution >= 0.6 is 11.3 Å². The van der Waals surface area contributed by atoms with Gasteiger partial charge in [0.1, 0.15) is 5.52 Å². The number of rotatable bonds is 2. The molecule has 7 nitrogen and oxygen atoms in total. The van der Waals surface area contributed by atoms with Gasteiger partial charge in [-0.2, -0.15) is 0 Å². The normalized spacial score (nSPS) is 15.3. The van der Waals surface area contributed by atoms with Gasteiger partial charge in [0.05, 0.1) is 18.7 Å². The molecule has 3 aromatic rings. The summed E-state index contributed by atoms with van der Waals surface area (Å²) in [4.78, 5) is 28.8. The third-order valence-corrected chi connectivity index (χ3v) is 4.19. The van der Waals surface area contributed by atoms with Gasteiger partial charge in [-0.3, -0.25) is 9.82 Å². The first-order chi connectivity index (χ1) is 11.2. The molecular weight excluding hydrogens is 302 g/mol. The number of carbonyl (C=O) groups excluding carboxylic acids is 1. The average Bonchev–Trinajstić information content (AvgIpc) is 3.29. The fraction of sp³-hybridized carbons (Fsp3) is 0.286. The van der Waals surface area contributed by atoms with Crippen molar-refractivity contribution in [2.45, 2.75) is 12.8 Å². The molecule has 0 unspecified atom stereocenters. The van der Waals surface area contributed by atoms with Gasteiger partial charge >= 0.3 is 6.09 Å². The third-order valence-electron chi connectivity index (χ3n) is 3.61. The van der Waals surface area contributed by atoms with Crippen molar-refractivity contribution in [3.05, 3.63) is 29.5 Å². The van der Waals surface area contributed by atoms with Gasteiger partial charge in [-0.15, -0.1) is 16.4 Å². The highest BCUT2D eigenvalue weighted by Gasteiger charge is 2.22. The van der Waals surface area contributed by atoms with Crippen molar-refractivity contribution >= 4 is 28.3 Å². The Bertz CT molecular complexity index is 858. The van der Waals surface area contributed by atoms with Gasteiger partial charge in [0.15, 0.2) is 0 Å². The molecule has 4 rings (SSSR count). The van der Waals surface area contributed by atoms with Crippen LogP contribution in [0.15, 0.2) is 29.5 Å². The summed E-state index contributed by atoms with van der Waals surface area (Å²) in [5.74, 6) is 0. The number of aromatic nitrogens is 4. The van der Waals surface area contributed by atoms with E-state index in [0.29, 0.717) is 35.2 Å². The Balaban J connectivity index is 1.78. The minimum Gasteiger partial charge on any atom is -0.306 e. The van der Waals surface area contributed by atoms with Crippen molar-refractivity contribution in [2.75, 3.05) is 13.1 Å². The molecule has 1 aliphatic heterocycles. The first-order valence-electron chi connectivity index (χ1n) is 7.43. The maximum Gasteiger partial charge on any atom is 0.435 e. The lowest BCUT2D eigenvalue weighted by Crippen LogP contribution is -2.35. The second-order valence-electron chi connectivity index (χ2n) is 4.99. The van der Waals surface area contributed by atoms with E-state index in [-0.39, 0.29) is 6.17 Å². The molecule has 112 valence electrons. The van der Waals surface area contributed by atoms with Crippen LogP contribution in [0.25, 0.3) is 22.2 Å². The molecule has 0 radical (unpaired) electrons. The molecular formula is C14H13N5O2S. The number of thiazole rings is 1. The fourth-order valence-electron chi connectivity index (χ4n) is 2.52. The first-order valence-corrected chi connectivity index (χ1v) is 7.87. The van der Waals surface area contributed by atoms with Crippen LogP contribution in [0.5, 0.6) is 0 Å². The number of amides is 1. The van der Waals surface area contributed by atoms with E-state index in [2.05, 4.69) is 15.1 Å². The highest BCUT2D eigenvalue weighted by Crippen LogP contribution is 2.26. The Morgan fingerprint density at radius 1 is 1.36 bits per heavy atom. The van der Waals surface area contributed by atoms with Crippen molar-refractivity contribution < 1.29 is 11.0 Å². The van der Waals surface area contributed by atoms with Crippen molar-refractivity contribution in [2.24, 2.45) is 0 Å². The second-order valence-corrected chi connectivity index (χ2v) is 5.71. The molecule has 1 fully saturated rings. The van der Waals surface area contributed by atoms with E-state index < -0.39 is 6.09 Å². The molecule has 0 saturated carbocycles. The molecule has 3 aromatic heterocycles. The minimum absolute atomic E-state index is 0.0128.